The van der Waals surface area contributed by atoms with Gasteiger partial charge in [-0.1, -0.05) is 35.9 Å². The first-order valence-corrected chi connectivity index (χ1v) is 16.0. The van der Waals surface area contributed by atoms with Gasteiger partial charge < -0.3 is 15.8 Å². The van der Waals surface area contributed by atoms with Gasteiger partial charge in [0.2, 0.25) is 11.7 Å². The van der Waals surface area contributed by atoms with Gasteiger partial charge in [0.05, 0.1) is 16.8 Å². The maximum Gasteiger partial charge on any atom is 0.407 e. The van der Waals surface area contributed by atoms with Crippen LogP contribution in [-0.2, 0) is 20.7 Å². The van der Waals surface area contributed by atoms with Gasteiger partial charge in [-0.3, -0.25) is 14.6 Å². The van der Waals surface area contributed by atoms with Crippen molar-refractivity contribution in [2.75, 3.05) is 11.4 Å². The second-order valence-electron chi connectivity index (χ2n) is 12.8. The molecule has 246 valence electrons. The van der Waals surface area contributed by atoms with E-state index in [0.717, 1.165) is 29.5 Å². The third-order valence-electron chi connectivity index (χ3n) is 8.06. The Morgan fingerprint density at radius 1 is 1.00 bits per heavy atom. The maximum absolute atomic E-state index is 14.1. The van der Waals surface area contributed by atoms with Crippen LogP contribution in [0.5, 0.6) is 0 Å². The molecule has 2 aromatic heterocycles. The van der Waals surface area contributed by atoms with E-state index in [1.807, 2.05) is 51.1 Å². The summed E-state index contributed by atoms with van der Waals surface area (Å²) in [5, 5.41) is 17.4. The van der Waals surface area contributed by atoms with Crippen molar-refractivity contribution in [2.24, 2.45) is 17.6 Å². The Hall–Kier alpha value is -4.68. The van der Waals surface area contributed by atoms with E-state index in [0.29, 0.717) is 41.5 Å². The van der Waals surface area contributed by atoms with E-state index in [2.05, 4.69) is 30.9 Å². The molecule has 2 aromatic carbocycles. The molecule has 5 rings (SSSR count). The first-order valence-electron chi connectivity index (χ1n) is 15.6. The molecule has 1 fully saturated rings. The lowest BCUT2D eigenvalue weighted by molar-refractivity contribution is -0.130. The average Bonchev–Trinajstić information content (AvgIpc) is 3.59. The molecule has 47 heavy (non-hydrogen) atoms. The Balaban J connectivity index is 1.28. The van der Waals surface area contributed by atoms with Crippen molar-refractivity contribution < 1.29 is 19.1 Å². The number of rotatable bonds is 9. The number of imide groups is 1. The van der Waals surface area contributed by atoms with Gasteiger partial charge >= 0.3 is 6.09 Å². The van der Waals surface area contributed by atoms with Crippen molar-refractivity contribution in [1.82, 2.24) is 30.9 Å². The number of pyridine rings is 1. The second-order valence-corrected chi connectivity index (χ2v) is 13.2. The van der Waals surface area contributed by atoms with Crippen LogP contribution in [-0.4, -0.2) is 61.7 Å². The van der Waals surface area contributed by atoms with Crippen LogP contribution in [0.3, 0.4) is 0 Å². The monoisotopic (exact) mass is 658 g/mol. The number of ether oxygens (including phenoxy) is 1. The Kier molecular flexibility index (Phi) is 10.6. The number of tetrazole rings is 1. The third kappa shape index (κ3) is 8.99. The summed E-state index contributed by atoms with van der Waals surface area (Å²) in [4.78, 5) is 45.5. The first kappa shape index (κ1) is 33.7. The van der Waals surface area contributed by atoms with E-state index in [9.17, 15) is 14.4 Å². The van der Waals surface area contributed by atoms with Crippen LogP contribution in [0.25, 0.3) is 22.5 Å². The summed E-state index contributed by atoms with van der Waals surface area (Å²) in [5.41, 5.74) is 9.68. The van der Waals surface area contributed by atoms with Gasteiger partial charge in [-0.25, -0.2) is 9.69 Å². The van der Waals surface area contributed by atoms with Crippen molar-refractivity contribution in [3.8, 4) is 22.5 Å². The van der Waals surface area contributed by atoms with Gasteiger partial charge in [0.1, 0.15) is 5.60 Å². The Labute approximate surface area is 278 Å². The fraction of sp³-hybridized carbons (Fsp3) is 0.382. The minimum absolute atomic E-state index is 0.206. The van der Waals surface area contributed by atoms with E-state index in [1.54, 1.807) is 36.7 Å². The summed E-state index contributed by atoms with van der Waals surface area (Å²) in [6.07, 6.45) is 5.71. The van der Waals surface area contributed by atoms with Crippen LogP contribution in [0, 0.1) is 11.8 Å². The molecule has 4 N–H and O–H groups in total. The van der Waals surface area contributed by atoms with Crippen LogP contribution in [0.4, 0.5) is 10.5 Å². The largest absolute Gasteiger partial charge is 0.444 e. The molecule has 1 atom stereocenters. The van der Waals surface area contributed by atoms with Gasteiger partial charge in [-0.15, -0.1) is 10.2 Å². The molecule has 4 aromatic rings. The van der Waals surface area contributed by atoms with Gasteiger partial charge in [0.25, 0.3) is 5.91 Å². The van der Waals surface area contributed by atoms with Crippen molar-refractivity contribution in [3.05, 3.63) is 77.6 Å². The summed E-state index contributed by atoms with van der Waals surface area (Å²) in [6.45, 7) is 5.92. The maximum atomic E-state index is 14.1. The zero-order chi connectivity index (χ0) is 33.6. The van der Waals surface area contributed by atoms with Crippen LogP contribution < -0.4 is 16.0 Å². The SMILES string of the molecule is CC(C)(C)OC(=O)NCC1CCC(C(=O)N(C(=O)[C@@H](N)Cc2ccc(-c3cncc(Cl)c3)cc2)c2ccc(-c3nn[nH]n3)cc2)CC1. The highest BCUT2D eigenvalue weighted by atomic mass is 35.5. The molecule has 3 amide bonds. The van der Waals surface area contributed by atoms with Crippen LogP contribution >= 0.6 is 11.6 Å². The number of alkyl carbamates (subject to hydrolysis) is 1. The predicted molar refractivity (Wildman–Crippen MR) is 178 cm³/mol. The molecule has 0 bridgehead atoms. The highest BCUT2D eigenvalue weighted by molar-refractivity contribution is 6.30. The zero-order valence-corrected chi connectivity index (χ0v) is 27.4. The number of benzene rings is 2. The van der Waals surface area contributed by atoms with E-state index in [4.69, 9.17) is 22.1 Å². The Morgan fingerprint density at radius 3 is 2.30 bits per heavy atom. The molecule has 0 unspecified atom stereocenters. The standard InChI is InChI=1S/C34H39ClN8O4/c1-34(2,3)47-33(46)38-18-22-6-10-25(11-7-22)31(44)43(28-14-12-24(13-15-28)30-39-41-42-40-30)32(45)29(36)16-21-4-8-23(9-5-21)26-17-27(35)20-37-19-26/h4-5,8-9,12-15,17,19-20,22,25,29H,6-7,10-11,16,18,36H2,1-3H3,(H,38,46)(H,39,40,41,42)/t22?,25?,29-/m0/s1. The number of carbonyl (C=O) groups excluding carboxylic acids is 3. The normalized spacial score (nSPS) is 17.0. The van der Waals surface area contributed by atoms with Crippen molar-refractivity contribution in [3.63, 3.8) is 0 Å². The lowest BCUT2D eigenvalue weighted by atomic mass is 9.81. The van der Waals surface area contributed by atoms with Crippen LogP contribution in [0.15, 0.2) is 67.0 Å². The molecule has 12 nitrogen and oxygen atoms in total. The molecule has 2 heterocycles. The number of anilines is 1. The molecular formula is C34H39ClN8O4. The molecule has 0 spiro atoms. The lowest BCUT2D eigenvalue weighted by Gasteiger charge is -2.32. The predicted octanol–water partition coefficient (Wildman–Crippen LogP) is 5.34. The average molecular weight is 659 g/mol. The fourth-order valence-corrected chi connectivity index (χ4v) is 5.83. The molecule has 1 aliphatic rings. The van der Waals surface area contributed by atoms with E-state index < -0.39 is 23.6 Å². The number of nitrogens with two attached hydrogens (primary N) is 1. The summed E-state index contributed by atoms with van der Waals surface area (Å²) >= 11 is 6.10. The molecule has 0 aliphatic heterocycles. The number of amides is 3. The number of hydrogen-bond donors (Lipinski definition) is 3. The lowest BCUT2D eigenvalue weighted by Crippen LogP contribution is -2.50. The molecular weight excluding hydrogens is 620 g/mol. The van der Waals surface area contributed by atoms with Crippen LogP contribution in [0.2, 0.25) is 5.02 Å². The second kappa shape index (κ2) is 14.8. The van der Waals surface area contributed by atoms with Gasteiger partial charge in [0.15, 0.2) is 0 Å². The summed E-state index contributed by atoms with van der Waals surface area (Å²) in [6, 6.07) is 15.4. The van der Waals surface area contributed by atoms with Gasteiger partial charge in [0, 0.05) is 36.0 Å². The van der Waals surface area contributed by atoms with Gasteiger partial charge in [-0.2, -0.15) is 5.21 Å². The van der Waals surface area contributed by atoms with Crippen molar-refractivity contribution in [1.29, 1.82) is 0 Å². The minimum atomic E-state index is -0.969. The Morgan fingerprint density at radius 2 is 1.68 bits per heavy atom. The summed E-state index contributed by atoms with van der Waals surface area (Å²) < 4.78 is 5.34. The smallest absolute Gasteiger partial charge is 0.407 e. The van der Waals surface area contributed by atoms with Crippen LogP contribution in [0.1, 0.15) is 52.0 Å². The highest BCUT2D eigenvalue weighted by Crippen LogP contribution is 2.32. The van der Waals surface area contributed by atoms with E-state index >= 15 is 0 Å². The number of carbonyl (C=O) groups is 3. The number of H-pyrrole nitrogens is 1. The molecule has 0 radical (unpaired) electrons. The molecule has 1 saturated carbocycles. The molecule has 0 saturated heterocycles. The fourth-order valence-electron chi connectivity index (χ4n) is 5.65. The molecule has 13 heteroatoms. The van der Waals surface area contributed by atoms with E-state index in [-0.39, 0.29) is 24.2 Å². The number of nitrogens with one attached hydrogen (secondary N) is 2. The highest BCUT2D eigenvalue weighted by Gasteiger charge is 2.35. The topological polar surface area (TPSA) is 169 Å². The zero-order valence-electron chi connectivity index (χ0n) is 26.6. The number of aromatic amines is 1. The Bertz CT molecular complexity index is 1670. The first-order chi connectivity index (χ1) is 22.5. The third-order valence-corrected chi connectivity index (χ3v) is 8.27. The van der Waals surface area contributed by atoms with Crippen molar-refractivity contribution >= 4 is 35.2 Å². The minimum Gasteiger partial charge on any atom is -0.444 e. The summed E-state index contributed by atoms with van der Waals surface area (Å²) in [5.74, 6) is -0.545. The van der Waals surface area contributed by atoms with Gasteiger partial charge in [-0.05, 0) is 105 Å². The molecule has 1 aliphatic carbocycles. The number of halogens is 1. The summed E-state index contributed by atoms with van der Waals surface area (Å²) in [7, 11) is 0. The van der Waals surface area contributed by atoms with E-state index in [1.165, 1.54) is 4.90 Å². The van der Waals surface area contributed by atoms with Crippen molar-refractivity contribution in [2.45, 2.75) is 64.5 Å². The quantitative estimate of drug-likeness (QED) is 0.215. The number of aromatic nitrogens is 5. The number of hydrogen-bond acceptors (Lipinski definition) is 9. The number of nitrogens with zero attached hydrogens (tertiary/aromatic N) is 5.